The topological polar surface area (TPSA) is 104 Å². The summed E-state index contributed by atoms with van der Waals surface area (Å²) in [5.74, 6) is 0.745. The molecule has 3 heterocycles. The Kier molecular flexibility index (Phi) is 9.92. The number of halogens is 2. The molecule has 2 atom stereocenters. The van der Waals surface area contributed by atoms with Gasteiger partial charge < -0.3 is 15.4 Å². The van der Waals surface area contributed by atoms with Crippen LogP contribution >= 0.6 is 23.2 Å². The van der Waals surface area contributed by atoms with Crippen molar-refractivity contribution in [1.29, 1.82) is 0 Å². The molecule has 1 saturated heterocycles. The van der Waals surface area contributed by atoms with Gasteiger partial charge in [0, 0.05) is 72.6 Å². The largest absolute Gasteiger partial charge is 0.493 e. The number of benzene rings is 2. The highest BCUT2D eigenvalue weighted by molar-refractivity contribution is 6.30. The monoisotopic (exact) mass is 678 g/mol. The number of hydrogen-bond donors (Lipinski definition) is 1. The molecule has 2 aliphatic rings. The minimum Gasteiger partial charge on any atom is -0.493 e. The van der Waals surface area contributed by atoms with Gasteiger partial charge in [-0.3, -0.25) is 24.6 Å². The van der Waals surface area contributed by atoms with E-state index >= 15 is 4.79 Å². The number of urea groups is 1. The van der Waals surface area contributed by atoms with Crippen molar-refractivity contribution in [3.05, 3.63) is 93.2 Å². The van der Waals surface area contributed by atoms with Crippen molar-refractivity contribution < 1.29 is 14.3 Å². The summed E-state index contributed by atoms with van der Waals surface area (Å²) >= 11 is 12.7. The van der Waals surface area contributed by atoms with E-state index in [2.05, 4.69) is 39.5 Å². The van der Waals surface area contributed by atoms with Crippen LogP contribution in [0.2, 0.25) is 10.0 Å². The van der Waals surface area contributed by atoms with Gasteiger partial charge in [-0.05, 0) is 56.2 Å². The van der Waals surface area contributed by atoms with Crippen LogP contribution in [-0.2, 0) is 21.3 Å². The van der Waals surface area contributed by atoms with Crippen LogP contribution in [0.3, 0.4) is 0 Å². The molecule has 250 valence electrons. The Labute approximate surface area is 287 Å². The van der Waals surface area contributed by atoms with Crippen LogP contribution in [0.25, 0.3) is 0 Å². The van der Waals surface area contributed by atoms with E-state index < -0.39 is 11.1 Å². The summed E-state index contributed by atoms with van der Waals surface area (Å²) in [7, 11) is 0. The fraction of sp³-hybridized carbons (Fsp3) is 0.444. The van der Waals surface area contributed by atoms with Crippen LogP contribution < -0.4 is 10.5 Å². The summed E-state index contributed by atoms with van der Waals surface area (Å²) in [5.41, 5.74) is 6.45. The van der Waals surface area contributed by atoms with E-state index in [4.69, 9.17) is 43.6 Å². The van der Waals surface area contributed by atoms with Crippen LogP contribution in [0, 0.1) is 0 Å². The van der Waals surface area contributed by atoms with E-state index in [1.54, 1.807) is 6.20 Å². The SMILES string of the molecule is CCOc1cc(C(C)(C)C)ncc1C1=N[C@@](C)(c2ccc(Cl)cc2)[C@@](C)(c2ccc(Cl)cc2)N1C(=O)N1CCN(CCC(N)=O)CC1. The normalized spacial score (nSPS) is 21.9. The van der Waals surface area contributed by atoms with Crippen molar-refractivity contribution in [2.45, 2.75) is 64.5 Å². The highest BCUT2D eigenvalue weighted by Crippen LogP contribution is 2.54. The molecule has 0 bridgehead atoms. The summed E-state index contributed by atoms with van der Waals surface area (Å²) in [6, 6.07) is 17.0. The molecule has 2 aromatic carbocycles. The zero-order valence-electron chi connectivity index (χ0n) is 28.0. The molecule has 3 amide bonds. The fourth-order valence-electron chi connectivity index (χ4n) is 6.43. The number of piperazine rings is 1. The summed E-state index contributed by atoms with van der Waals surface area (Å²) in [4.78, 5) is 42.6. The summed E-state index contributed by atoms with van der Waals surface area (Å²) in [6.45, 7) is 15.6. The van der Waals surface area contributed by atoms with Gasteiger partial charge in [-0.25, -0.2) is 4.79 Å². The lowest BCUT2D eigenvalue weighted by molar-refractivity contribution is -0.118. The standard InChI is InChI=1S/C36H44Cl2N6O3/c1-7-47-29-22-30(34(2,3)4)40-23-28(29)32-41-35(5,24-8-12-26(37)13-9-24)36(6,25-10-14-27(38)15-11-25)44(32)33(46)43-20-18-42(19-21-43)17-16-31(39)45/h8-15,22-23H,7,16-21H2,1-6H3,(H2,39,45)/t35-,36+/m0/s1. The van der Waals surface area contributed by atoms with Crippen molar-refractivity contribution in [3.8, 4) is 5.75 Å². The molecule has 1 aromatic heterocycles. The predicted molar refractivity (Wildman–Crippen MR) is 187 cm³/mol. The Morgan fingerprint density at radius 2 is 1.51 bits per heavy atom. The third-order valence-electron chi connectivity index (χ3n) is 9.43. The lowest BCUT2D eigenvalue weighted by atomic mass is 9.71. The van der Waals surface area contributed by atoms with Crippen LogP contribution in [0.15, 0.2) is 65.8 Å². The zero-order chi connectivity index (χ0) is 34.1. The van der Waals surface area contributed by atoms with Gasteiger partial charge in [-0.15, -0.1) is 0 Å². The minimum absolute atomic E-state index is 0.184. The highest BCUT2D eigenvalue weighted by atomic mass is 35.5. The smallest absolute Gasteiger partial charge is 0.326 e. The number of amides is 3. The summed E-state index contributed by atoms with van der Waals surface area (Å²) in [6.07, 6.45) is 2.06. The summed E-state index contributed by atoms with van der Waals surface area (Å²) in [5, 5.41) is 1.20. The van der Waals surface area contributed by atoms with Crippen LogP contribution in [0.1, 0.15) is 70.3 Å². The first-order valence-electron chi connectivity index (χ1n) is 16.0. The van der Waals surface area contributed by atoms with E-state index in [1.165, 1.54) is 0 Å². The second-order valence-electron chi connectivity index (χ2n) is 13.5. The van der Waals surface area contributed by atoms with Crippen molar-refractivity contribution >= 4 is 41.0 Å². The van der Waals surface area contributed by atoms with Gasteiger partial charge in [0.1, 0.15) is 22.7 Å². The molecular weight excluding hydrogens is 635 g/mol. The first kappa shape index (κ1) is 34.7. The van der Waals surface area contributed by atoms with Crippen molar-refractivity contribution in [3.63, 3.8) is 0 Å². The first-order valence-corrected chi connectivity index (χ1v) is 16.8. The number of nitrogens with zero attached hydrogens (tertiary/aromatic N) is 5. The molecule has 0 spiro atoms. The van der Waals surface area contributed by atoms with Crippen LogP contribution in [0.5, 0.6) is 5.75 Å². The number of aliphatic imine (C=N–C) groups is 1. The van der Waals surface area contributed by atoms with E-state index in [0.717, 1.165) is 16.8 Å². The maximum atomic E-state index is 15.1. The van der Waals surface area contributed by atoms with Gasteiger partial charge >= 0.3 is 6.03 Å². The third-order valence-corrected chi connectivity index (χ3v) is 9.94. The van der Waals surface area contributed by atoms with E-state index in [9.17, 15) is 4.79 Å². The maximum Gasteiger partial charge on any atom is 0.326 e. The number of amidine groups is 1. The van der Waals surface area contributed by atoms with Gasteiger partial charge in [0.05, 0.1) is 12.2 Å². The van der Waals surface area contributed by atoms with E-state index in [-0.39, 0.29) is 23.8 Å². The van der Waals surface area contributed by atoms with E-state index in [1.807, 2.05) is 71.3 Å². The van der Waals surface area contributed by atoms with E-state index in [0.29, 0.717) is 66.5 Å². The third kappa shape index (κ3) is 6.71. The number of rotatable bonds is 8. The van der Waals surface area contributed by atoms with Crippen molar-refractivity contribution in [1.82, 2.24) is 19.7 Å². The number of primary amides is 1. The molecule has 0 unspecified atom stereocenters. The molecule has 5 rings (SSSR count). The molecule has 1 fully saturated rings. The lowest BCUT2D eigenvalue weighted by Gasteiger charge is -2.47. The molecule has 0 radical (unpaired) electrons. The quantitative estimate of drug-likeness (QED) is 0.289. The van der Waals surface area contributed by atoms with Gasteiger partial charge in [-0.2, -0.15) is 0 Å². The molecule has 9 nitrogen and oxygen atoms in total. The number of hydrogen-bond acceptors (Lipinski definition) is 6. The van der Waals surface area contributed by atoms with Gasteiger partial charge in [0.25, 0.3) is 0 Å². The van der Waals surface area contributed by atoms with Gasteiger partial charge in [0.2, 0.25) is 5.91 Å². The number of carbonyl (C=O) groups is 2. The molecule has 11 heteroatoms. The number of pyridine rings is 1. The Hall–Kier alpha value is -3.66. The van der Waals surface area contributed by atoms with Gasteiger partial charge in [0.15, 0.2) is 0 Å². The Bertz CT molecular complexity index is 1650. The average molecular weight is 680 g/mol. The van der Waals surface area contributed by atoms with Gasteiger partial charge in [-0.1, -0.05) is 68.2 Å². The Morgan fingerprint density at radius 3 is 2.04 bits per heavy atom. The predicted octanol–water partition coefficient (Wildman–Crippen LogP) is 6.59. The second-order valence-corrected chi connectivity index (χ2v) is 14.4. The Morgan fingerprint density at radius 1 is 0.936 bits per heavy atom. The van der Waals surface area contributed by atoms with Crippen LogP contribution in [0.4, 0.5) is 4.79 Å². The molecule has 2 N–H and O–H groups in total. The second kappa shape index (κ2) is 13.5. The molecule has 2 aliphatic heterocycles. The Balaban J connectivity index is 1.70. The molecule has 0 aliphatic carbocycles. The molecule has 0 saturated carbocycles. The molecular formula is C36H44Cl2N6O3. The first-order chi connectivity index (χ1) is 22.2. The maximum absolute atomic E-state index is 15.1. The fourth-order valence-corrected chi connectivity index (χ4v) is 6.68. The molecule has 3 aromatic rings. The number of ether oxygens (including phenoxy) is 1. The summed E-state index contributed by atoms with van der Waals surface area (Å²) < 4.78 is 6.25. The zero-order valence-corrected chi connectivity index (χ0v) is 29.5. The number of carbonyl (C=O) groups excluding carboxylic acids is 2. The minimum atomic E-state index is -1.02. The number of aromatic nitrogens is 1. The lowest BCUT2D eigenvalue weighted by Crippen LogP contribution is -2.60. The average Bonchev–Trinajstić information content (AvgIpc) is 3.28. The van der Waals surface area contributed by atoms with Crippen molar-refractivity contribution in [2.24, 2.45) is 10.7 Å². The number of nitrogens with two attached hydrogens (primary N) is 1. The van der Waals surface area contributed by atoms with Crippen molar-refractivity contribution in [2.75, 3.05) is 39.3 Å². The van der Waals surface area contributed by atoms with Crippen LogP contribution in [-0.4, -0.2) is 76.8 Å². The molecule has 47 heavy (non-hydrogen) atoms. The highest BCUT2D eigenvalue weighted by Gasteiger charge is 2.60.